The molecule has 0 saturated carbocycles. The highest BCUT2D eigenvalue weighted by Crippen LogP contribution is 2.06. The van der Waals surface area contributed by atoms with Gasteiger partial charge in [0.2, 0.25) is 0 Å². The van der Waals surface area contributed by atoms with Gasteiger partial charge in [0.15, 0.2) is 5.84 Å². The molecule has 5 nitrogen and oxygen atoms in total. The van der Waals surface area contributed by atoms with Crippen molar-refractivity contribution in [1.29, 1.82) is 0 Å². The van der Waals surface area contributed by atoms with E-state index in [1.54, 1.807) is 6.20 Å². The molecule has 0 bridgehead atoms. The molecule has 1 aromatic rings. The Balaban J connectivity index is 2.67. The Kier molecular flexibility index (Phi) is 4.72. The quantitative estimate of drug-likeness (QED) is 0.338. The minimum absolute atomic E-state index is 0.0630. The van der Waals surface area contributed by atoms with E-state index < -0.39 is 0 Å². The zero-order valence-electron chi connectivity index (χ0n) is 9.67. The maximum absolute atomic E-state index is 8.67. The van der Waals surface area contributed by atoms with Gasteiger partial charge in [-0.15, -0.1) is 0 Å². The van der Waals surface area contributed by atoms with Crippen LogP contribution in [0.15, 0.2) is 29.6 Å². The lowest BCUT2D eigenvalue weighted by molar-refractivity contribution is 0.262. The molecule has 3 N–H and O–H groups in total. The minimum atomic E-state index is -0.0630. The Morgan fingerprint density at radius 3 is 2.88 bits per heavy atom. The Labute approximate surface area is 95.6 Å². The number of rotatable bonds is 5. The first-order valence-electron chi connectivity index (χ1n) is 5.26. The lowest BCUT2D eigenvalue weighted by atomic mass is 10.1. The highest BCUT2D eigenvalue weighted by atomic mass is 16.4. The number of nitrogens with zero attached hydrogens (tertiary/aromatic N) is 3. The van der Waals surface area contributed by atoms with Crippen molar-refractivity contribution in [2.24, 2.45) is 10.9 Å². The fourth-order valence-corrected chi connectivity index (χ4v) is 1.67. The van der Waals surface area contributed by atoms with Gasteiger partial charge in [-0.05, 0) is 25.6 Å². The van der Waals surface area contributed by atoms with Gasteiger partial charge in [-0.2, -0.15) is 0 Å². The molecule has 0 aliphatic rings. The Hall–Kier alpha value is -1.62. The monoisotopic (exact) mass is 222 g/mol. The molecule has 0 radical (unpaired) electrons. The SMILES string of the molecule is CCC(C(N)=NO)N(C)Cc1ccccn1. The number of oxime groups is 1. The van der Waals surface area contributed by atoms with Crippen LogP contribution in [-0.2, 0) is 6.54 Å². The lowest BCUT2D eigenvalue weighted by Crippen LogP contribution is -2.42. The van der Waals surface area contributed by atoms with Crippen LogP contribution in [0, 0.1) is 0 Å². The summed E-state index contributed by atoms with van der Waals surface area (Å²) in [5.41, 5.74) is 6.59. The summed E-state index contributed by atoms with van der Waals surface area (Å²) in [6, 6.07) is 5.72. The molecule has 1 atom stereocenters. The molecule has 0 saturated heterocycles. The molecule has 1 unspecified atom stereocenters. The van der Waals surface area contributed by atoms with Crippen LogP contribution < -0.4 is 5.73 Å². The van der Waals surface area contributed by atoms with E-state index in [0.29, 0.717) is 6.54 Å². The summed E-state index contributed by atoms with van der Waals surface area (Å²) in [6.45, 7) is 2.67. The summed E-state index contributed by atoms with van der Waals surface area (Å²) < 4.78 is 0. The maximum Gasteiger partial charge on any atom is 0.156 e. The van der Waals surface area contributed by atoms with E-state index in [9.17, 15) is 0 Å². The van der Waals surface area contributed by atoms with E-state index >= 15 is 0 Å². The van der Waals surface area contributed by atoms with Crippen LogP contribution in [0.4, 0.5) is 0 Å². The lowest BCUT2D eigenvalue weighted by Gasteiger charge is -2.25. The first-order valence-corrected chi connectivity index (χ1v) is 5.26. The molecular formula is C11H18N4O. The molecule has 0 spiro atoms. The molecule has 0 aliphatic carbocycles. The average molecular weight is 222 g/mol. The van der Waals surface area contributed by atoms with E-state index in [4.69, 9.17) is 10.9 Å². The predicted octanol–water partition coefficient (Wildman–Crippen LogP) is 1.04. The minimum Gasteiger partial charge on any atom is -0.409 e. The predicted molar refractivity (Wildman–Crippen MR) is 63.2 cm³/mol. The van der Waals surface area contributed by atoms with Crippen molar-refractivity contribution in [3.63, 3.8) is 0 Å². The second-order valence-electron chi connectivity index (χ2n) is 3.69. The van der Waals surface area contributed by atoms with Crippen LogP contribution in [0.3, 0.4) is 0 Å². The van der Waals surface area contributed by atoms with Crippen molar-refractivity contribution in [3.8, 4) is 0 Å². The van der Waals surface area contributed by atoms with Crippen molar-refractivity contribution in [1.82, 2.24) is 9.88 Å². The van der Waals surface area contributed by atoms with Crippen LogP contribution in [0.1, 0.15) is 19.0 Å². The molecular weight excluding hydrogens is 204 g/mol. The molecule has 1 rings (SSSR count). The summed E-state index contributed by atoms with van der Waals surface area (Å²) in [5.74, 6) is 0.237. The van der Waals surface area contributed by atoms with E-state index in [0.717, 1.165) is 12.1 Å². The third-order valence-electron chi connectivity index (χ3n) is 2.51. The van der Waals surface area contributed by atoms with E-state index in [-0.39, 0.29) is 11.9 Å². The number of hydrogen-bond donors (Lipinski definition) is 2. The number of nitrogens with two attached hydrogens (primary N) is 1. The zero-order chi connectivity index (χ0) is 12.0. The van der Waals surface area contributed by atoms with Gasteiger partial charge in [-0.1, -0.05) is 18.1 Å². The van der Waals surface area contributed by atoms with Crippen molar-refractivity contribution in [2.45, 2.75) is 25.9 Å². The first kappa shape index (κ1) is 12.4. The summed E-state index contributed by atoms with van der Waals surface area (Å²) in [5, 5.41) is 11.7. The van der Waals surface area contributed by atoms with Crippen LogP contribution >= 0.6 is 0 Å². The summed E-state index contributed by atoms with van der Waals surface area (Å²) in [4.78, 5) is 6.25. The van der Waals surface area contributed by atoms with Crippen molar-refractivity contribution >= 4 is 5.84 Å². The Bertz CT molecular complexity index is 339. The molecule has 1 aromatic heterocycles. The number of pyridine rings is 1. The molecule has 16 heavy (non-hydrogen) atoms. The summed E-state index contributed by atoms with van der Waals surface area (Å²) >= 11 is 0. The molecule has 0 amide bonds. The molecule has 0 aliphatic heterocycles. The number of amidine groups is 1. The van der Waals surface area contributed by atoms with E-state index in [1.807, 2.05) is 37.1 Å². The van der Waals surface area contributed by atoms with Crippen molar-refractivity contribution < 1.29 is 5.21 Å². The molecule has 5 heteroatoms. The summed E-state index contributed by atoms with van der Waals surface area (Å²) in [6.07, 6.45) is 2.55. The summed E-state index contributed by atoms with van der Waals surface area (Å²) in [7, 11) is 1.93. The third kappa shape index (κ3) is 3.20. The highest BCUT2D eigenvalue weighted by molar-refractivity contribution is 5.85. The number of hydrogen-bond acceptors (Lipinski definition) is 4. The van der Waals surface area contributed by atoms with E-state index in [2.05, 4.69) is 10.1 Å². The molecule has 0 aromatic carbocycles. The zero-order valence-corrected chi connectivity index (χ0v) is 9.67. The highest BCUT2D eigenvalue weighted by Gasteiger charge is 2.17. The van der Waals surface area contributed by atoms with Crippen molar-refractivity contribution in [2.75, 3.05) is 7.05 Å². The normalized spacial score (nSPS) is 14.1. The number of likely N-dealkylation sites (N-methyl/N-ethyl adjacent to an activating group) is 1. The number of aromatic nitrogens is 1. The maximum atomic E-state index is 8.67. The fourth-order valence-electron chi connectivity index (χ4n) is 1.67. The van der Waals surface area contributed by atoms with Crippen LogP contribution in [-0.4, -0.2) is 34.0 Å². The second-order valence-corrected chi connectivity index (χ2v) is 3.69. The van der Waals surface area contributed by atoms with E-state index in [1.165, 1.54) is 0 Å². The van der Waals surface area contributed by atoms with Gasteiger partial charge in [-0.3, -0.25) is 9.88 Å². The fraction of sp³-hybridized carbons (Fsp3) is 0.455. The molecule has 88 valence electrons. The smallest absolute Gasteiger partial charge is 0.156 e. The third-order valence-corrected chi connectivity index (χ3v) is 2.51. The van der Waals surface area contributed by atoms with Gasteiger partial charge < -0.3 is 10.9 Å². The molecule has 0 fully saturated rings. The first-order chi connectivity index (χ1) is 7.69. The van der Waals surface area contributed by atoms with Crippen LogP contribution in [0.5, 0.6) is 0 Å². The average Bonchev–Trinajstić information content (AvgIpc) is 2.31. The standard InChI is InChI=1S/C11H18N4O/c1-3-10(11(12)14-16)15(2)8-9-6-4-5-7-13-9/h4-7,10,16H,3,8H2,1-2H3,(H2,12,14). The van der Waals surface area contributed by atoms with Gasteiger partial charge in [0.25, 0.3) is 0 Å². The van der Waals surface area contributed by atoms with Gasteiger partial charge in [0, 0.05) is 12.7 Å². The van der Waals surface area contributed by atoms with Gasteiger partial charge >= 0.3 is 0 Å². The Morgan fingerprint density at radius 2 is 2.38 bits per heavy atom. The molecule has 1 heterocycles. The van der Waals surface area contributed by atoms with Gasteiger partial charge in [-0.25, -0.2) is 0 Å². The second kappa shape index (κ2) is 6.07. The Morgan fingerprint density at radius 1 is 1.62 bits per heavy atom. The van der Waals surface area contributed by atoms with Crippen LogP contribution in [0.25, 0.3) is 0 Å². The largest absolute Gasteiger partial charge is 0.409 e. The topological polar surface area (TPSA) is 74.7 Å². The van der Waals surface area contributed by atoms with Gasteiger partial charge in [0.05, 0.1) is 11.7 Å². The van der Waals surface area contributed by atoms with Crippen molar-refractivity contribution in [3.05, 3.63) is 30.1 Å². The van der Waals surface area contributed by atoms with Crippen LogP contribution in [0.2, 0.25) is 0 Å². The van der Waals surface area contributed by atoms with Gasteiger partial charge in [0.1, 0.15) is 0 Å².